The number of aliphatic hydroxyl groups excluding tert-OH is 1. The normalized spacial score (nSPS) is 14.0. The minimum atomic E-state index is -4.96. The first-order chi connectivity index (χ1) is 48.2. The Morgan fingerprint density at radius 1 is 0.270 bits per heavy atom. The largest absolute Gasteiger partial charge is 0.472 e. The predicted octanol–water partition coefficient (Wildman–Crippen LogP) is 24.1. The summed E-state index contributed by atoms with van der Waals surface area (Å²) in [5.41, 5.74) is 0. The second kappa shape index (κ2) is 71.3. The van der Waals surface area contributed by atoms with Crippen LogP contribution in [-0.4, -0.2) is 96.7 Å². The summed E-state index contributed by atoms with van der Waals surface area (Å²) in [5, 5.41) is 10.6. The summed E-state index contributed by atoms with van der Waals surface area (Å²) in [5.74, 6) is 0.141. The number of ether oxygens (including phenoxy) is 4. The SMILES string of the molecule is CCCCCCCCCCCCCCCCCCCCCCCCC(=O)O[C@H](COC(=O)CCCCCCCCCCCCC(C)C)COP(=O)(O)OC[C@@H](O)COP(=O)(O)OC[C@@H](COC(=O)CCCCCCCCCCCC(C)C)OC(=O)CCCCCCCCCCCCC(C)C. The zero-order valence-corrected chi connectivity index (χ0v) is 67.5. The van der Waals surface area contributed by atoms with Crippen molar-refractivity contribution in [3.05, 3.63) is 0 Å². The minimum absolute atomic E-state index is 0.106. The minimum Gasteiger partial charge on any atom is -0.462 e. The molecule has 0 aromatic rings. The highest BCUT2D eigenvalue weighted by molar-refractivity contribution is 7.47. The van der Waals surface area contributed by atoms with Gasteiger partial charge >= 0.3 is 39.5 Å². The van der Waals surface area contributed by atoms with Gasteiger partial charge in [0.05, 0.1) is 26.4 Å². The van der Waals surface area contributed by atoms with Gasteiger partial charge in [-0.15, -0.1) is 0 Å². The molecule has 0 saturated carbocycles. The lowest BCUT2D eigenvalue weighted by molar-refractivity contribution is -0.161. The van der Waals surface area contributed by atoms with Crippen molar-refractivity contribution in [2.45, 2.75) is 439 Å². The summed E-state index contributed by atoms with van der Waals surface area (Å²) in [6.07, 6.45) is 59.8. The zero-order chi connectivity index (χ0) is 73.7. The molecule has 0 aromatic heterocycles. The van der Waals surface area contributed by atoms with Crippen LogP contribution in [-0.2, 0) is 65.4 Å². The molecule has 0 amide bonds. The lowest BCUT2D eigenvalue weighted by Crippen LogP contribution is -2.30. The molecule has 0 aliphatic carbocycles. The van der Waals surface area contributed by atoms with E-state index in [-0.39, 0.29) is 25.7 Å². The van der Waals surface area contributed by atoms with E-state index in [0.717, 1.165) is 108 Å². The lowest BCUT2D eigenvalue weighted by Gasteiger charge is -2.21. The van der Waals surface area contributed by atoms with Crippen LogP contribution < -0.4 is 0 Å². The Balaban J connectivity index is 5.21. The van der Waals surface area contributed by atoms with Crippen molar-refractivity contribution >= 4 is 39.5 Å². The van der Waals surface area contributed by atoms with Crippen molar-refractivity contribution in [3.8, 4) is 0 Å². The van der Waals surface area contributed by atoms with Gasteiger partial charge in [0.1, 0.15) is 19.3 Å². The molecule has 0 rings (SSSR count). The molecule has 594 valence electrons. The molecule has 0 fully saturated rings. The maximum atomic E-state index is 13.1. The number of hydrogen-bond acceptors (Lipinski definition) is 15. The van der Waals surface area contributed by atoms with Crippen molar-refractivity contribution in [1.29, 1.82) is 0 Å². The van der Waals surface area contributed by atoms with Crippen molar-refractivity contribution in [2.24, 2.45) is 17.8 Å². The molecule has 17 nitrogen and oxygen atoms in total. The van der Waals surface area contributed by atoms with E-state index in [1.54, 1.807) is 0 Å². The number of rotatable bonds is 79. The number of esters is 4. The molecule has 0 bridgehead atoms. The standard InChI is InChI=1S/C81H158O17P2/c1-8-9-10-11-12-13-14-15-16-17-18-19-20-21-22-23-24-25-35-43-50-57-64-80(85)97-76(68-91-78(83)62-55-48-41-34-28-26-31-38-45-52-59-72(2)3)70-95-99(87,88)93-66-75(82)67-94-100(89,90)96-71-77(69-92-79(84)63-56-49-42-37-30-33-40-47-54-61-74(6)7)98-81(86)65-58-51-44-36-29-27-32-39-46-53-60-73(4)5/h72-77,82H,8-71H2,1-7H3,(H,87,88)(H,89,90)/t75-,76-,77-/m1/s1. The molecule has 0 aromatic carbocycles. The van der Waals surface area contributed by atoms with Crippen molar-refractivity contribution in [1.82, 2.24) is 0 Å². The third-order valence-corrected chi connectivity index (χ3v) is 20.8. The highest BCUT2D eigenvalue weighted by atomic mass is 31.2. The van der Waals surface area contributed by atoms with Crippen LogP contribution in [0.3, 0.4) is 0 Å². The molecular formula is C81H158O17P2. The third kappa shape index (κ3) is 74.3. The van der Waals surface area contributed by atoms with Gasteiger partial charge in [0.15, 0.2) is 12.2 Å². The number of carbonyl (C=O) groups excluding carboxylic acids is 4. The van der Waals surface area contributed by atoms with Gasteiger partial charge in [-0.05, 0) is 43.4 Å². The number of unbranched alkanes of at least 4 members (excludes halogenated alkanes) is 47. The fourth-order valence-corrected chi connectivity index (χ4v) is 14.1. The zero-order valence-electron chi connectivity index (χ0n) is 65.7. The van der Waals surface area contributed by atoms with E-state index in [9.17, 15) is 43.2 Å². The fourth-order valence-electron chi connectivity index (χ4n) is 12.5. The van der Waals surface area contributed by atoms with E-state index >= 15 is 0 Å². The van der Waals surface area contributed by atoms with E-state index in [1.165, 1.54) is 231 Å². The van der Waals surface area contributed by atoms with Gasteiger partial charge in [-0.1, -0.05) is 370 Å². The van der Waals surface area contributed by atoms with Gasteiger partial charge in [0.2, 0.25) is 0 Å². The third-order valence-electron chi connectivity index (χ3n) is 18.9. The molecule has 0 saturated heterocycles. The number of carbonyl (C=O) groups is 4. The highest BCUT2D eigenvalue weighted by Crippen LogP contribution is 2.45. The van der Waals surface area contributed by atoms with Crippen molar-refractivity contribution < 1.29 is 80.2 Å². The van der Waals surface area contributed by atoms with Crippen LogP contribution >= 0.6 is 15.6 Å². The smallest absolute Gasteiger partial charge is 0.462 e. The second-order valence-corrected chi connectivity index (χ2v) is 33.5. The number of aliphatic hydroxyl groups is 1. The molecule has 100 heavy (non-hydrogen) atoms. The average Bonchev–Trinajstić information content (AvgIpc) is 0.919. The van der Waals surface area contributed by atoms with Gasteiger partial charge in [-0.3, -0.25) is 37.3 Å². The fraction of sp³-hybridized carbons (Fsp3) is 0.951. The molecule has 0 spiro atoms. The molecule has 0 aliphatic heterocycles. The summed E-state index contributed by atoms with van der Waals surface area (Å²) in [7, 11) is -9.92. The van der Waals surface area contributed by atoms with Crippen LogP contribution in [0, 0.1) is 17.8 Å². The maximum absolute atomic E-state index is 13.1. The Hall–Kier alpha value is -1.94. The van der Waals surface area contributed by atoms with Crippen LogP contribution in [0.4, 0.5) is 0 Å². The van der Waals surface area contributed by atoms with Gasteiger partial charge < -0.3 is 33.8 Å². The monoisotopic (exact) mass is 1470 g/mol. The molecule has 19 heteroatoms. The molecular weight excluding hydrogens is 1310 g/mol. The predicted molar refractivity (Wildman–Crippen MR) is 409 cm³/mol. The first-order valence-corrected chi connectivity index (χ1v) is 44.8. The van der Waals surface area contributed by atoms with Gasteiger partial charge in [0, 0.05) is 25.7 Å². The maximum Gasteiger partial charge on any atom is 0.472 e. The highest BCUT2D eigenvalue weighted by Gasteiger charge is 2.30. The Labute approximate surface area is 613 Å². The van der Waals surface area contributed by atoms with Crippen LogP contribution in [0.1, 0.15) is 421 Å². The topological polar surface area (TPSA) is 237 Å². The van der Waals surface area contributed by atoms with Crippen molar-refractivity contribution in [3.63, 3.8) is 0 Å². The van der Waals surface area contributed by atoms with Gasteiger partial charge in [-0.25, -0.2) is 9.13 Å². The summed E-state index contributed by atoms with van der Waals surface area (Å²) in [6.45, 7) is 11.9. The Morgan fingerprint density at radius 3 is 0.680 bits per heavy atom. The van der Waals surface area contributed by atoms with Gasteiger partial charge in [0.25, 0.3) is 0 Å². The van der Waals surface area contributed by atoms with Crippen LogP contribution in [0.5, 0.6) is 0 Å². The van der Waals surface area contributed by atoms with E-state index in [1.807, 2.05) is 0 Å². The molecule has 3 N–H and O–H groups in total. The Morgan fingerprint density at radius 2 is 0.460 bits per heavy atom. The Kier molecular flexibility index (Phi) is 69.9. The first-order valence-electron chi connectivity index (χ1n) is 41.8. The average molecular weight is 1470 g/mol. The van der Waals surface area contributed by atoms with E-state index in [0.29, 0.717) is 25.7 Å². The second-order valence-electron chi connectivity index (χ2n) is 30.6. The molecule has 0 radical (unpaired) electrons. The summed E-state index contributed by atoms with van der Waals surface area (Å²) in [4.78, 5) is 73.0. The van der Waals surface area contributed by atoms with Gasteiger partial charge in [-0.2, -0.15) is 0 Å². The Bertz CT molecular complexity index is 1940. The van der Waals surface area contributed by atoms with Crippen molar-refractivity contribution in [2.75, 3.05) is 39.6 Å². The molecule has 2 unspecified atom stereocenters. The van der Waals surface area contributed by atoms with E-state index in [2.05, 4.69) is 48.5 Å². The summed E-state index contributed by atoms with van der Waals surface area (Å²) < 4.78 is 68.7. The molecule has 0 heterocycles. The van der Waals surface area contributed by atoms with Crippen LogP contribution in [0.2, 0.25) is 0 Å². The summed E-state index contributed by atoms with van der Waals surface area (Å²) in [6, 6.07) is 0. The van der Waals surface area contributed by atoms with Crippen LogP contribution in [0.15, 0.2) is 0 Å². The molecule has 0 aliphatic rings. The lowest BCUT2D eigenvalue weighted by atomic mass is 10.0. The quantitative estimate of drug-likeness (QED) is 0.0222. The van der Waals surface area contributed by atoms with Crippen LogP contribution in [0.25, 0.3) is 0 Å². The number of phosphoric ester groups is 2. The molecule has 5 atom stereocenters. The van der Waals surface area contributed by atoms with E-state index in [4.69, 9.17) is 37.0 Å². The van der Waals surface area contributed by atoms with E-state index < -0.39 is 97.5 Å². The number of hydrogen-bond donors (Lipinski definition) is 3. The first kappa shape index (κ1) is 98.1. The summed E-state index contributed by atoms with van der Waals surface area (Å²) >= 11 is 0. The number of phosphoric acid groups is 2.